The molecule has 0 unspecified atom stereocenters. The van der Waals surface area contributed by atoms with Gasteiger partial charge in [-0.2, -0.15) is 4.31 Å². The first kappa shape index (κ1) is 19.1. The first-order valence-electron chi connectivity index (χ1n) is 7.82. The van der Waals surface area contributed by atoms with E-state index in [4.69, 9.17) is 4.74 Å². The molecule has 25 heavy (non-hydrogen) atoms. The lowest BCUT2D eigenvalue weighted by atomic mass is 10.2. The lowest BCUT2D eigenvalue weighted by Gasteiger charge is -2.17. The molecule has 2 aromatic rings. The fraction of sp³-hybridized carbons (Fsp3) is 0.278. The number of methoxy groups -OCH3 is 1. The van der Waals surface area contributed by atoms with Gasteiger partial charge in [0.05, 0.1) is 11.5 Å². The molecule has 0 heterocycles. The van der Waals surface area contributed by atoms with Gasteiger partial charge >= 0.3 is 0 Å². The number of hydrogen-bond donors (Lipinski definition) is 1. The van der Waals surface area contributed by atoms with Crippen LogP contribution in [0.2, 0.25) is 0 Å². The van der Waals surface area contributed by atoms with E-state index < -0.39 is 10.0 Å². The summed E-state index contributed by atoms with van der Waals surface area (Å²) in [5.41, 5.74) is 1.19. The fourth-order valence-corrected chi connectivity index (χ4v) is 3.48. The second-order valence-electron chi connectivity index (χ2n) is 5.52. The molecule has 1 N–H and O–H groups in total. The van der Waals surface area contributed by atoms with Crippen molar-refractivity contribution < 1.29 is 17.9 Å². The molecule has 0 bridgehead atoms. The minimum absolute atomic E-state index is 0.0883. The summed E-state index contributed by atoms with van der Waals surface area (Å²) in [7, 11) is -0.625. The van der Waals surface area contributed by atoms with Gasteiger partial charge in [-0.15, -0.1) is 0 Å². The van der Waals surface area contributed by atoms with Crippen molar-refractivity contribution in [2.75, 3.05) is 27.3 Å². The van der Waals surface area contributed by atoms with Crippen LogP contribution in [0.3, 0.4) is 0 Å². The summed E-state index contributed by atoms with van der Waals surface area (Å²) < 4.78 is 31.6. The highest BCUT2D eigenvalue weighted by molar-refractivity contribution is 7.89. The molecular formula is C18H22N2O4S. The minimum atomic E-state index is -3.69. The standard InChI is InChI=1S/C18H22N2O4S/c1-20(14-15-7-4-3-5-8-15)25(22,23)17-10-6-9-16(13-17)18(21)19-11-12-24-2/h3-10,13H,11-12,14H2,1-2H3,(H,19,21). The number of hydrogen-bond acceptors (Lipinski definition) is 4. The number of benzene rings is 2. The number of ether oxygens (including phenoxy) is 1. The zero-order valence-corrected chi connectivity index (χ0v) is 15.1. The predicted molar refractivity (Wildman–Crippen MR) is 95.7 cm³/mol. The molecule has 2 rings (SSSR count). The zero-order valence-electron chi connectivity index (χ0n) is 14.3. The Morgan fingerprint density at radius 2 is 1.84 bits per heavy atom. The van der Waals surface area contributed by atoms with E-state index in [1.165, 1.54) is 23.5 Å². The minimum Gasteiger partial charge on any atom is -0.383 e. The van der Waals surface area contributed by atoms with Crippen LogP contribution < -0.4 is 5.32 Å². The third-order valence-electron chi connectivity index (χ3n) is 3.64. The number of carbonyl (C=O) groups is 1. The monoisotopic (exact) mass is 362 g/mol. The second-order valence-corrected chi connectivity index (χ2v) is 7.57. The quantitative estimate of drug-likeness (QED) is 0.728. The Hall–Kier alpha value is -2.22. The molecule has 2 aromatic carbocycles. The van der Waals surface area contributed by atoms with E-state index in [-0.39, 0.29) is 17.3 Å². The van der Waals surface area contributed by atoms with Crippen LogP contribution in [0, 0.1) is 0 Å². The lowest BCUT2D eigenvalue weighted by Crippen LogP contribution is -2.28. The molecule has 6 nitrogen and oxygen atoms in total. The fourth-order valence-electron chi connectivity index (χ4n) is 2.27. The number of amides is 1. The Bertz CT molecular complexity index is 807. The Morgan fingerprint density at radius 1 is 1.12 bits per heavy atom. The molecule has 0 fully saturated rings. The number of nitrogens with one attached hydrogen (secondary N) is 1. The van der Waals surface area contributed by atoms with E-state index in [1.54, 1.807) is 19.2 Å². The van der Waals surface area contributed by atoms with Gasteiger partial charge in [0.25, 0.3) is 5.91 Å². The van der Waals surface area contributed by atoms with Gasteiger partial charge in [0.1, 0.15) is 0 Å². The molecular weight excluding hydrogens is 340 g/mol. The van der Waals surface area contributed by atoms with E-state index in [9.17, 15) is 13.2 Å². The molecule has 134 valence electrons. The first-order valence-corrected chi connectivity index (χ1v) is 9.26. The van der Waals surface area contributed by atoms with Gasteiger partial charge in [0.2, 0.25) is 10.0 Å². The van der Waals surface area contributed by atoms with Crippen molar-refractivity contribution in [3.8, 4) is 0 Å². The van der Waals surface area contributed by atoms with Crippen molar-refractivity contribution in [2.24, 2.45) is 0 Å². The Balaban J connectivity index is 2.16. The Morgan fingerprint density at radius 3 is 2.52 bits per heavy atom. The summed E-state index contributed by atoms with van der Waals surface area (Å²) in [6.07, 6.45) is 0. The Labute approximate surface area is 148 Å². The highest BCUT2D eigenvalue weighted by Gasteiger charge is 2.22. The average molecular weight is 362 g/mol. The van der Waals surface area contributed by atoms with Crippen LogP contribution >= 0.6 is 0 Å². The van der Waals surface area contributed by atoms with Crippen molar-refractivity contribution in [1.29, 1.82) is 0 Å². The molecule has 0 spiro atoms. The van der Waals surface area contributed by atoms with Crippen LogP contribution in [0.15, 0.2) is 59.5 Å². The van der Waals surface area contributed by atoms with Gasteiger partial charge in [-0.1, -0.05) is 36.4 Å². The van der Waals surface area contributed by atoms with E-state index >= 15 is 0 Å². The Kier molecular flexibility index (Phi) is 6.69. The lowest BCUT2D eigenvalue weighted by molar-refractivity contribution is 0.0937. The maximum Gasteiger partial charge on any atom is 0.251 e. The average Bonchev–Trinajstić information content (AvgIpc) is 2.62. The molecule has 0 atom stereocenters. The molecule has 0 aliphatic carbocycles. The summed E-state index contributed by atoms with van der Waals surface area (Å²) in [6.45, 7) is 1.01. The van der Waals surface area contributed by atoms with E-state index in [0.29, 0.717) is 18.7 Å². The second kappa shape index (κ2) is 8.75. The topological polar surface area (TPSA) is 75.7 Å². The van der Waals surface area contributed by atoms with Gasteiger partial charge in [0, 0.05) is 32.8 Å². The number of carbonyl (C=O) groups excluding carboxylic acids is 1. The number of rotatable bonds is 8. The summed E-state index contributed by atoms with van der Waals surface area (Å²) in [5.74, 6) is -0.334. The highest BCUT2D eigenvalue weighted by Crippen LogP contribution is 2.18. The summed E-state index contributed by atoms with van der Waals surface area (Å²) in [4.78, 5) is 12.2. The molecule has 0 saturated carbocycles. The van der Waals surface area contributed by atoms with Gasteiger partial charge in [-0.25, -0.2) is 8.42 Å². The molecule has 0 aliphatic heterocycles. The van der Waals surface area contributed by atoms with Crippen LogP contribution in [0.1, 0.15) is 15.9 Å². The van der Waals surface area contributed by atoms with Crippen LogP contribution in [0.5, 0.6) is 0 Å². The largest absolute Gasteiger partial charge is 0.383 e. The van der Waals surface area contributed by atoms with Crippen molar-refractivity contribution in [3.05, 3.63) is 65.7 Å². The summed E-state index contributed by atoms with van der Waals surface area (Å²) in [6, 6.07) is 15.4. The van der Waals surface area contributed by atoms with Crippen molar-refractivity contribution >= 4 is 15.9 Å². The first-order chi connectivity index (χ1) is 11.9. The number of sulfonamides is 1. The molecule has 7 heteroatoms. The van der Waals surface area contributed by atoms with E-state index in [1.807, 2.05) is 30.3 Å². The molecule has 0 radical (unpaired) electrons. The van der Waals surface area contributed by atoms with Crippen molar-refractivity contribution in [2.45, 2.75) is 11.4 Å². The van der Waals surface area contributed by atoms with Crippen LogP contribution in [0.25, 0.3) is 0 Å². The maximum absolute atomic E-state index is 12.7. The van der Waals surface area contributed by atoms with Gasteiger partial charge < -0.3 is 10.1 Å². The predicted octanol–water partition coefficient (Wildman–Crippen LogP) is 1.88. The zero-order chi connectivity index (χ0) is 18.3. The van der Waals surface area contributed by atoms with Crippen molar-refractivity contribution in [1.82, 2.24) is 9.62 Å². The van der Waals surface area contributed by atoms with Gasteiger partial charge in [-0.05, 0) is 23.8 Å². The molecule has 1 amide bonds. The molecule has 0 aliphatic rings. The third-order valence-corrected chi connectivity index (χ3v) is 5.44. The maximum atomic E-state index is 12.7. The van der Waals surface area contributed by atoms with Crippen LogP contribution in [-0.2, 0) is 21.3 Å². The third kappa shape index (κ3) is 5.12. The van der Waals surface area contributed by atoms with Crippen molar-refractivity contribution in [3.63, 3.8) is 0 Å². The number of nitrogens with zero attached hydrogens (tertiary/aromatic N) is 1. The SMILES string of the molecule is COCCNC(=O)c1cccc(S(=O)(=O)N(C)Cc2ccccc2)c1. The normalized spacial score (nSPS) is 11.5. The molecule has 0 aromatic heterocycles. The van der Waals surface area contributed by atoms with Gasteiger partial charge in [-0.3, -0.25) is 4.79 Å². The summed E-state index contributed by atoms with van der Waals surface area (Å²) in [5, 5.41) is 2.68. The van der Waals surface area contributed by atoms with Gasteiger partial charge in [0.15, 0.2) is 0 Å². The summed E-state index contributed by atoms with van der Waals surface area (Å²) >= 11 is 0. The highest BCUT2D eigenvalue weighted by atomic mass is 32.2. The van der Waals surface area contributed by atoms with E-state index in [0.717, 1.165) is 5.56 Å². The van der Waals surface area contributed by atoms with Crippen LogP contribution in [0.4, 0.5) is 0 Å². The molecule has 0 saturated heterocycles. The van der Waals surface area contributed by atoms with E-state index in [2.05, 4.69) is 5.32 Å². The van der Waals surface area contributed by atoms with Crippen LogP contribution in [-0.4, -0.2) is 45.9 Å². The smallest absolute Gasteiger partial charge is 0.251 e.